The van der Waals surface area contributed by atoms with Gasteiger partial charge in [-0.15, -0.1) is 11.3 Å². The van der Waals surface area contributed by atoms with Gasteiger partial charge in [0.1, 0.15) is 0 Å². The van der Waals surface area contributed by atoms with E-state index in [4.69, 9.17) is 0 Å². The molecule has 2 aliphatic rings. The van der Waals surface area contributed by atoms with Gasteiger partial charge in [-0.05, 0) is 43.3 Å². The monoisotopic (exact) mass is 406 g/mol. The van der Waals surface area contributed by atoms with Crippen LogP contribution in [0.25, 0.3) is 0 Å². The molecule has 2 saturated heterocycles. The van der Waals surface area contributed by atoms with Gasteiger partial charge in [0.15, 0.2) is 5.96 Å². The second-order valence-corrected chi connectivity index (χ2v) is 8.61. The second-order valence-electron chi connectivity index (χ2n) is 7.68. The first-order chi connectivity index (χ1) is 13.6. The van der Waals surface area contributed by atoms with E-state index in [1.54, 1.807) is 4.90 Å². The van der Waals surface area contributed by atoms with Crippen LogP contribution in [0.5, 0.6) is 0 Å². The van der Waals surface area contributed by atoms with Gasteiger partial charge >= 0.3 is 0 Å². The van der Waals surface area contributed by atoms with E-state index in [0.29, 0.717) is 0 Å². The van der Waals surface area contributed by atoms with Gasteiger partial charge in [-0.1, -0.05) is 0 Å². The van der Waals surface area contributed by atoms with E-state index < -0.39 is 0 Å². The number of hydrogen-bond donors (Lipinski definition) is 1. The molecule has 3 heterocycles. The molecule has 3 rings (SSSR count). The molecule has 2 aliphatic heterocycles. The number of carbonyl (C=O) groups is 1. The molecule has 1 atom stereocenters. The molecule has 1 unspecified atom stereocenters. The van der Waals surface area contributed by atoms with Crippen molar-refractivity contribution in [3.05, 3.63) is 17.5 Å². The Morgan fingerprint density at radius 1 is 1.29 bits per heavy atom. The van der Waals surface area contributed by atoms with Gasteiger partial charge < -0.3 is 20.0 Å². The van der Waals surface area contributed by atoms with Crippen LogP contribution in [0, 0.1) is 0 Å². The molecule has 0 aliphatic carbocycles. The van der Waals surface area contributed by atoms with Crippen molar-refractivity contribution in [2.24, 2.45) is 4.99 Å². The van der Waals surface area contributed by atoms with Crippen LogP contribution in [0.3, 0.4) is 0 Å². The summed E-state index contributed by atoms with van der Waals surface area (Å²) in [5, 5.41) is 7.01. The summed E-state index contributed by atoms with van der Waals surface area (Å²) < 4.78 is 0. The van der Waals surface area contributed by atoms with E-state index in [2.05, 4.69) is 42.5 Å². The van der Waals surface area contributed by atoms with Crippen molar-refractivity contribution in [3.63, 3.8) is 0 Å². The number of nitrogens with one attached hydrogen (secondary N) is 1. The van der Waals surface area contributed by atoms with Gasteiger partial charge in [0, 0.05) is 60.4 Å². The summed E-state index contributed by atoms with van der Waals surface area (Å²) in [6.07, 6.45) is 3.12. The Balaban J connectivity index is 1.38. The maximum absolute atomic E-state index is 12.3. The van der Waals surface area contributed by atoms with Crippen molar-refractivity contribution in [1.29, 1.82) is 0 Å². The zero-order valence-electron chi connectivity index (χ0n) is 17.4. The quantitative estimate of drug-likeness (QED) is 0.440. The van der Waals surface area contributed by atoms with E-state index >= 15 is 0 Å². The van der Waals surface area contributed by atoms with Crippen molar-refractivity contribution >= 4 is 28.2 Å². The fourth-order valence-electron chi connectivity index (χ4n) is 4.07. The summed E-state index contributed by atoms with van der Waals surface area (Å²) >= 11 is 1.81. The number of piperazine rings is 1. The SMILES string of the molecule is CN=C(NCCCN1CCCC1C(=O)N(C)C)N1CCN(c2cccs2)CC1. The van der Waals surface area contributed by atoms with Crippen LogP contribution in [-0.2, 0) is 4.79 Å². The van der Waals surface area contributed by atoms with E-state index in [1.807, 2.05) is 32.5 Å². The molecular weight excluding hydrogens is 372 g/mol. The number of carbonyl (C=O) groups excluding carboxylic acids is 1. The zero-order chi connectivity index (χ0) is 19.9. The Hall–Kier alpha value is -1.80. The van der Waals surface area contributed by atoms with Gasteiger partial charge in [-0.25, -0.2) is 0 Å². The van der Waals surface area contributed by atoms with Crippen LogP contribution in [0.2, 0.25) is 0 Å². The van der Waals surface area contributed by atoms with Gasteiger partial charge in [0.05, 0.1) is 11.0 Å². The minimum Gasteiger partial charge on any atom is -0.360 e. The lowest BCUT2D eigenvalue weighted by molar-refractivity contribution is -0.133. The number of hydrogen-bond acceptors (Lipinski definition) is 5. The molecule has 0 radical (unpaired) electrons. The Morgan fingerprint density at radius 3 is 2.71 bits per heavy atom. The Morgan fingerprint density at radius 2 is 2.07 bits per heavy atom. The van der Waals surface area contributed by atoms with Crippen molar-refractivity contribution < 1.29 is 4.79 Å². The molecule has 0 aromatic carbocycles. The molecular formula is C20H34N6OS. The highest BCUT2D eigenvalue weighted by Gasteiger charge is 2.31. The van der Waals surface area contributed by atoms with Crippen LogP contribution in [0.15, 0.2) is 22.5 Å². The number of rotatable bonds is 6. The van der Waals surface area contributed by atoms with Crippen molar-refractivity contribution in [2.75, 3.05) is 71.9 Å². The minimum absolute atomic E-state index is 0.0691. The van der Waals surface area contributed by atoms with Gasteiger partial charge in [0.25, 0.3) is 0 Å². The third-order valence-electron chi connectivity index (χ3n) is 5.60. The standard InChI is InChI=1S/C20H34N6OS/c1-21-20(26-14-12-25(13-15-26)18-8-5-16-28-18)22-9-6-11-24-10-4-7-17(24)19(27)23(2)3/h5,8,16-17H,4,6-7,9-15H2,1-3H3,(H,21,22). The maximum atomic E-state index is 12.3. The fourth-order valence-corrected chi connectivity index (χ4v) is 4.86. The molecule has 0 saturated carbocycles. The lowest BCUT2D eigenvalue weighted by Crippen LogP contribution is -2.52. The Labute approximate surface area is 173 Å². The highest BCUT2D eigenvalue weighted by atomic mass is 32.1. The summed E-state index contributed by atoms with van der Waals surface area (Å²) in [7, 11) is 5.56. The van der Waals surface area contributed by atoms with Crippen molar-refractivity contribution in [3.8, 4) is 0 Å². The van der Waals surface area contributed by atoms with E-state index in [-0.39, 0.29) is 11.9 Å². The molecule has 156 valence electrons. The Kier molecular flexibility index (Phi) is 7.56. The number of nitrogens with zero attached hydrogens (tertiary/aromatic N) is 5. The first-order valence-corrected chi connectivity index (χ1v) is 11.2. The topological polar surface area (TPSA) is 54.4 Å². The predicted molar refractivity (Wildman–Crippen MR) is 117 cm³/mol. The highest BCUT2D eigenvalue weighted by Crippen LogP contribution is 2.22. The van der Waals surface area contributed by atoms with Crippen molar-refractivity contribution in [2.45, 2.75) is 25.3 Å². The van der Waals surface area contributed by atoms with Crippen LogP contribution >= 0.6 is 11.3 Å². The number of amides is 1. The lowest BCUT2D eigenvalue weighted by atomic mass is 10.2. The normalized spacial score (nSPS) is 21.2. The first kappa shape index (κ1) is 20.9. The third kappa shape index (κ3) is 5.17. The summed E-state index contributed by atoms with van der Waals surface area (Å²) in [5.74, 6) is 1.23. The molecule has 28 heavy (non-hydrogen) atoms. The molecule has 1 amide bonds. The second kappa shape index (κ2) is 10.1. The summed E-state index contributed by atoms with van der Waals surface area (Å²) in [6.45, 7) is 6.92. The van der Waals surface area contributed by atoms with Crippen molar-refractivity contribution in [1.82, 2.24) is 20.0 Å². The zero-order valence-corrected chi connectivity index (χ0v) is 18.2. The molecule has 7 nitrogen and oxygen atoms in total. The Bertz CT molecular complexity index is 639. The molecule has 8 heteroatoms. The predicted octanol–water partition coefficient (Wildman–Crippen LogP) is 1.39. The number of anilines is 1. The molecule has 0 spiro atoms. The van der Waals surface area contributed by atoms with Crippen LogP contribution < -0.4 is 10.2 Å². The largest absolute Gasteiger partial charge is 0.360 e. The molecule has 0 bridgehead atoms. The number of aliphatic imine (C=N–C) groups is 1. The maximum Gasteiger partial charge on any atom is 0.239 e. The average Bonchev–Trinajstić information content (AvgIpc) is 3.40. The number of likely N-dealkylation sites (N-methyl/N-ethyl adjacent to an activating group) is 1. The van der Waals surface area contributed by atoms with Crippen LogP contribution in [-0.4, -0.2) is 99.6 Å². The number of guanidine groups is 1. The summed E-state index contributed by atoms with van der Waals surface area (Å²) in [5.41, 5.74) is 0. The smallest absolute Gasteiger partial charge is 0.239 e. The van der Waals surface area contributed by atoms with E-state index in [1.165, 1.54) is 5.00 Å². The van der Waals surface area contributed by atoms with Gasteiger partial charge in [-0.3, -0.25) is 14.7 Å². The van der Waals surface area contributed by atoms with Crippen LogP contribution in [0.1, 0.15) is 19.3 Å². The van der Waals surface area contributed by atoms with Crippen LogP contribution in [0.4, 0.5) is 5.00 Å². The average molecular weight is 407 g/mol. The summed E-state index contributed by atoms with van der Waals surface area (Å²) in [6, 6.07) is 4.38. The number of thiophene rings is 1. The molecule has 1 aromatic heterocycles. The van der Waals surface area contributed by atoms with Gasteiger partial charge in [0.2, 0.25) is 5.91 Å². The third-order valence-corrected chi connectivity index (χ3v) is 6.53. The number of likely N-dealkylation sites (tertiary alicyclic amines) is 1. The molecule has 2 fully saturated rings. The van der Waals surface area contributed by atoms with E-state index in [9.17, 15) is 4.79 Å². The molecule has 1 N–H and O–H groups in total. The fraction of sp³-hybridized carbons (Fsp3) is 0.700. The van der Waals surface area contributed by atoms with Gasteiger partial charge in [-0.2, -0.15) is 0 Å². The minimum atomic E-state index is 0.0691. The summed E-state index contributed by atoms with van der Waals surface area (Å²) in [4.78, 5) is 25.6. The first-order valence-electron chi connectivity index (χ1n) is 10.3. The highest BCUT2D eigenvalue weighted by molar-refractivity contribution is 7.14. The van der Waals surface area contributed by atoms with E-state index in [0.717, 1.165) is 71.0 Å². The lowest BCUT2D eigenvalue weighted by Gasteiger charge is -2.37. The molecule has 1 aromatic rings.